The number of hydrogen-bond acceptors (Lipinski definition) is 3. The van der Waals surface area contributed by atoms with E-state index in [0.717, 1.165) is 18.6 Å². The number of carbonyl (C=O) groups excluding carboxylic acids is 1. The third kappa shape index (κ3) is 1.75. The van der Waals surface area contributed by atoms with E-state index in [1.165, 1.54) is 6.42 Å². The zero-order valence-electron chi connectivity index (χ0n) is 9.65. The highest BCUT2D eigenvalue weighted by Gasteiger charge is 2.58. The monoisotopic (exact) mass is 255 g/mol. The highest BCUT2D eigenvalue weighted by Crippen LogP contribution is 2.57. The van der Waals surface area contributed by atoms with E-state index in [1.54, 1.807) is 11.8 Å². The van der Waals surface area contributed by atoms with E-state index in [4.69, 9.17) is 0 Å². The fraction of sp³-hybridized carbons (Fsp3) is 0.833. The van der Waals surface area contributed by atoms with Gasteiger partial charge in [-0.15, -0.1) is 0 Å². The number of thioether (sulfide) groups is 1. The quantitative estimate of drug-likeness (QED) is 0.793. The van der Waals surface area contributed by atoms with E-state index >= 15 is 0 Å². The van der Waals surface area contributed by atoms with Crippen LogP contribution in [0.15, 0.2) is 0 Å². The molecule has 1 aliphatic heterocycles. The summed E-state index contributed by atoms with van der Waals surface area (Å²) in [5, 5.41) is 12.1. The molecule has 0 aromatic heterocycles. The topological polar surface area (TPSA) is 66.4 Å². The molecule has 4 nitrogen and oxygen atoms in total. The maximum absolute atomic E-state index is 12.1. The Labute approximate surface area is 105 Å². The molecule has 3 rings (SSSR count). The highest BCUT2D eigenvalue weighted by atomic mass is 32.2. The van der Waals surface area contributed by atoms with E-state index in [-0.39, 0.29) is 11.8 Å². The molecule has 3 atom stereocenters. The van der Waals surface area contributed by atoms with Gasteiger partial charge in [0.15, 0.2) is 0 Å². The number of carboxylic acids is 1. The Morgan fingerprint density at radius 1 is 1.29 bits per heavy atom. The Balaban J connectivity index is 1.66. The van der Waals surface area contributed by atoms with Gasteiger partial charge in [-0.2, -0.15) is 11.8 Å². The largest absolute Gasteiger partial charge is 0.479 e. The van der Waals surface area contributed by atoms with Crippen molar-refractivity contribution in [2.75, 3.05) is 11.5 Å². The minimum Gasteiger partial charge on any atom is -0.479 e. The fourth-order valence-electron chi connectivity index (χ4n) is 3.42. The first-order valence-electron chi connectivity index (χ1n) is 6.27. The number of nitrogens with one attached hydrogen (secondary N) is 1. The van der Waals surface area contributed by atoms with Gasteiger partial charge in [-0.25, -0.2) is 4.79 Å². The summed E-state index contributed by atoms with van der Waals surface area (Å²) in [7, 11) is 0. The molecule has 5 heteroatoms. The van der Waals surface area contributed by atoms with Crippen molar-refractivity contribution < 1.29 is 14.7 Å². The van der Waals surface area contributed by atoms with Gasteiger partial charge in [0.1, 0.15) is 5.54 Å². The number of hydrogen-bond donors (Lipinski definition) is 2. The molecule has 3 fully saturated rings. The van der Waals surface area contributed by atoms with E-state index < -0.39 is 11.5 Å². The summed E-state index contributed by atoms with van der Waals surface area (Å²) < 4.78 is 0. The predicted molar refractivity (Wildman–Crippen MR) is 64.8 cm³/mol. The van der Waals surface area contributed by atoms with Crippen LogP contribution in [0.2, 0.25) is 0 Å². The van der Waals surface area contributed by atoms with Crippen LogP contribution in [0.5, 0.6) is 0 Å². The van der Waals surface area contributed by atoms with Crippen LogP contribution in [0, 0.1) is 17.8 Å². The van der Waals surface area contributed by atoms with Crippen molar-refractivity contribution in [2.24, 2.45) is 17.8 Å². The summed E-state index contributed by atoms with van der Waals surface area (Å²) in [4.78, 5) is 23.4. The molecule has 1 heterocycles. The fourth-order valence-corrected chi connectivity index (χ4v) is 4.74. The highest BCUT2D eigenvalue weighted by molar-refractivity contribution is 7.99. The third-order valence-electron chi connectivity index (χ3n) is 4.50. The van der Waals surface area contributed by atoms with Crippen molar-refractivity contribution in [3.8, 4) is 0 Å². The van der Waals surface area contributed by atoms with Gasteiger partial charge >= 0.3 is 5.97 Å². The molecule has 2 aliphatic carbocycles. The summed E-state index contributed by atoms with van der Waals surface area (Å²) in [5.74, 6) is 1.67. The minimum absolute atomic E-state index is 0.00963. The summed E-state index contributed by atoms with van der Waals surface area (Å²) in [6.45, 7) is 0. The molecule has 0 aromatic rings. The Hall–Kier alpha value is -0.710. The smallest absolute Gasteiger partial charge is 0.330 e. The standard InChI is InChI=1S/C12H17NO3S/c14-10(9-7-2-1-3-8(7)9)13-12(11(15)16)4-5-17-6-12/h7-9H,1-6H2,(H,13,14)(H,15,16). The van der Waals surface area contributed by atoms with Crippen LogP contribution in [0.25, 0.3) is 0 Å². The van der Waals surface area contributed by atoms with Crippen LogP contribution >= 0.6 is 11.8 Å². The number of rotatable bonds is 3. The second kappa shape index (κ2) is 3.90. The molecule has 0 aromatic carbocycles. The zero-order valence-corrected chi connectivity index (χ0v) is 10.5. The van der Waals surface area contributed by atoms with Crippen molar-refractivity contribution in [1.29, 1.82) is 0 Å². The Morgan fingerprint density at radius 3 is 2.53 bits per heavy atom. The normalized spacial score (nSPS) is 43.2. The van der Waals surface area contributed by atoms with Crippen molar-refractivity contribution in [3.63, 3.8) is 0 Å². The maximum Gasteiger partial charge on any atom is 0.330 e. The lowest BCUT2D eigenvalue weighted by atomic mass is 9.98. The number of amides is 1. The van der Waals surface area contributed by atoms with Crippen LogP contribution in [0.3, 0.4) is 0 Å². The number of carbonyl (C=O) groups is 2. The molecule has 2 N–H and O–H groups in total. The Kier molecular flexibility index (Phi) is 2.61. The van der Waals surface area contributed by atoms with Gasteiger partial charge < -0.3 is 10.4 Å². The Morgan fingerprint density at radius 2 is 2.00 bits per heavy atom. The van der Waals surface area contributed by atoms with Crippen molar-refractivity contribution >= 4 is 23.6 Å². The molecule has 0 radical (unpaired) electrons. The first kappa shape index (κ1) is 11.4. The van der Waals surface area contributed by atoms with E-state index in [9.17, 15) is 14.7 Å². The molecule has 0 spiro atoms. The van der Waals surface area contributed by atoms with Gasteiger partial charge in [-0.1, -0.05) is 6.42 Å². The average molecular weight is 255 g/mol. The Bertz CT molecular complexity index is 355. The SMILES string of the molecule is O=C(NC1(C(=O)O)CCSC1)C1C2CCCC21. The van der Waals surface area contributed by atoms with Gasteiger partial charge in [-0.05, 0) is 36.9 Å². The van der Waals surface area contributed by atoms with Crippen LogP contribution in [-0.2, 0) is 9.59 Å². The summed E-state index contributed by atoms with van der Waals surface area (Å²) in [5.41, 5.74) is -0.987. The van der Waals surface area contributed by atoms with Gasteiger partial charge in [0.05, 0.1) is 0 Å². The molecule has 3 unspecified atom stereocenters. The van der Waals surface area contributed by atoms with Crippen LogP contribution in [0.1, 0.15) is 25.7 Å². The van der Waals surface area contributed by atoms with Crippen LogP contribution in [-0.4, -0.2) is 34.0 Å². The van der Waals surface area contributed by atoms with Crippen molar-refractivity contribution in [1.82, 2.24) is 5.32 Å². The first-order valence-corrected chi connectivity index (χ1v) is 7.43. The van der Waals surface area contributed by atoms with Crippen molar-refractivity contribution in [3.05, 3.63) is 0 Å². The summed E-state index contributed by atoms with van der Waals surface area (Å²) in [6.07, 6.45) is 4.09. The molecule has 94 valence electrons. The lowest BCUT2D eigenvalue weighted by Crippen LogP contribution is -2.55. The molecule has 3 aliphatic rings. The van der Waals surface area contributed by atoms with Crippen molar-refractivity contribution in [2.45, 2.75) is 31.2 Å². The lowest BCUT2D eigenvalue weighted by Gasteiger charge is -2.25. The number of aliphatic carboxylic acids is 1. The molecule has 1 amide bonds. The second-order valence-electron chi connectivity index (χ2n) is 5.46. The minimum atomic E-state index is -0.987. The van der Waals surface area contributed by atoms with E-state index in [1.807, 2.05) is 0 Å². The molecule has 0 bridgehead atoms. The lowest BCUT2D eigenvalue weighted by molar-refractivity contribution is -0.146. The molecule has 2 saturated carbocycles. The zero-order chi connectivity index (χ0) is 12.0. The molecule has 17 heavy (non-hydrogen) atoms. The molecular formula is C12H17NO3S. The maximum atomic E-state index is 12.1. The number of fused-ring (bicyclic) bond motifs is 1. The van der Waals surface area contributed by atoms with Crippen LogP contribution in [0.4, 0.5) is 0 Å². The van der Waals surface area contributed by atoms with Gasteiger partial charge in [0, 0.05) is 11.7 Å². The molecule has 1 saturated heterocycles. The second-order valence-corrected chi connectivity index (χ2v) is 6.57. The molecular weight excluding hydrogens is 238 g/mol. The van der Waals surface area contributed by atoms with E-state index in [2.05, 4.69) is 5.32 Å². The van der Waals surface area contributed by atoms with E-state index in [0.29, 0.717) is 24.0 Å². The first-order chi connectivity index (χ1) is 8.14. The summed E-state index contributed by atoms with van der Waals surface area (Å²) >= 11 is 1.61. The van der Waals surface area contributed by atoms with Gasteiger partial charge in [0.25, 0.3) is 0 Å². The predicted octanol–water partition coefficient (Wildman–Crippen LogP) is 1.11. The van der Waals surface area contributed by atoms with Crippen LogP contribution < -0.4 is 5.32 Å². The van der Waals surface area contributed by atoms with Gasteiger partial charge in [0.2, 0.25) is 5.91 Å². The summed E-state index contributed by atoms with van der Waals surface area (Å²) in [6, 6.07) is 0. The van der Waals surface area contributed by atoms with Gasteiger partial charge in [-0.3, -0.25) is 4.79 Å². The third-order valence-corrected chi connectivity index (χ3v) is 5.69. The average Bonchev–Trinajstić information content (AvgIpc) is 2.73. The number of carboxylic acid groups (broad SMARTS) is 1.